The normalized spacial score (nSPS) is 19.6. The second-order valence-corrected chi connectivity index (χ2v) is 5.75. The van der Waals surface area contributed by atoms with Gasteiger partial charge in [-0.25, -0.2) is 0 Å². The van der Waals surface area contributed by atoms with Crippen molar-refractivity contribution in [3.8, 4) is 0 Å². The Morgan fingerprint density at radius 1 is 1.35 bits per heavy atom. The van der Waals surface area contributed by atoms with E-state index in [-0.39, 0.29) is 0 Å². The van der Waals surface area contributed by atoms with E-state index in [1.807, 2.05) is 38.1 Å². The molecule has 1 fully saturated rings. The lowest BCUT2D eigenvalue weighted by atomic mass is 9.92. The monoisotopic (exact) mass is 274 g/mol. The van der Waals surface area contributed by atoms with Gasteiger partial charge >= 0.3 is 0 Å². The zero-order valence-electron chi connectivity index (χ0n) is 12.2. The van der Waals surface area contributed by atoms with Crippen LogP contribution in [0.3, 0.4) is 0 Å². The van der Waals surface area contributed by atoms with E-state index in [1.165, 1.54) is 0 Å². The number of furan rings is 1. The van der Waals surface area contributed by atoms with Crippen molar-refractivity contribution in [3.05, 3.63) is 35.6 Å². The van der Waals surface area contributed by atoms with Gasteiger partial charge in [0, 0.05) is 12.0 Å². The first-order chi connectivity index (χ1) is 9.66. The number of fused-ring (bicyclic) bond motifs is 1. The van der Waals surface area contributed by atoms with Crippen LogP contribution >= 0.6 is 0 Å². The Labute approximate surface area is 119 Å². The van der Waals surface area contributed by atoms with E-state index in [4.69, 9.17) is 9.15 Å². The third kappa shape index (κ3) is 2.15. The Kier molecular flexibility index (Phi) is 3.57. The molecule has 1 N–H and O–H groups in total. The Morgan fingerprint density at radius 2 is 2.10 bits per heavy atom. The first-order valence-corrected chi connectivity index (χ1v) is 7.47. The average Bonchev–Trinajstić information content (AvgIpc) is 3.06. The second-order valence-electron chi connectivity index (χ2n) is 5.75. The molecule has 1 unspecified atom stereocenters. The van der Waals surface area contributed by atoms with Gasteiger partial charge in [-0.15, -0.1) is 0 Å². The van der Waals surface area contributed by atoms with Gasteiger partial charge < -0.3 is 14.3 Å². The molecular formula is C17H22O3. The van der Waals surface area contributed by atoms with Gasteiger partial charge in [0.25, 0.3) is 0 Å². The van der Waals surface area contributed by atoms with Gasteiger partial charge in [0.1, 0.15) is 23.0 Å². The zero-order valence-corrected chi connectivity index (χ0v) is 12.2. The minimum atomic E-state index is -0.684. The third-order valence-corrected chi connectivity index (χ3v) is 4.41. The molecule has 1 heterocycles. The van der Waals surface area contributed by atoms with Gasteiger partial charge in [0.05, 0.1) is 0 Å². The molecule has 0 radical (unpaired) electrons. The van der Waals surface area contributed by atoms with E-state index in [0.29, 0.717) is 12.4 Å². The van der Waals surface area contributed by atoms with Crippen LogP contribution < -0.4 is 0 Å². The first-order valence-electron chi connectivity index (χ1n) is 7.47. The molecule has 0 bridgehead atoms. The summed E-state index contributed by atoms with van der Waals surface area (Å²) in [4.78, 5) is 0. The molecule has 3 nitrogen and oxygen atoms in total. The second kappa shape index (κ2) is 5.23. The summed E-state index contributed by atoms with van der Waals surface area (Å²) in [6.45, 7) is 4.63. The molecule has 0 amide bonds. The van der Waals surface area contributed by atoms with Crippen molar-refractivity contribution in [2.75, 3.05) is 6.61 Å². The highest BCUT2D eigenvalue weighted by Gasteiger charge is 2.43. The Bertz CT molecular complexity index is 593. The lowest BCUT2D eigenvalue weighted by molar-refractivity contribution is -0.124. The minimum absolute atomic E-state index is 0.462. The molecule has 1 saturated carbocycles. The quantitative estimate of drug-likeness (QED) is 0.911. The lowest BCUT2D eigenvalue weighted by Gasteiger charge is -2.32. The van der Waals surface area contributed by atoms with E-state index in [1.54, 1.807) is 0 Å². The molecule has 0 saturated heterocycles. The molecule has 1 aromatic carbocycles. The average molecular weight is 274 g/mol. The molecule has 0 spiro atoms. The predicted molar refractivity (Wildman–Crippen MR) is 78.7 cm³/mol. The van der Waals surface area contributed by atoms with Crippen molar-refractivity contribution in [1.29, 1.82) is 0 Å². The molecule has 2 aromatic rings. The van der Waals surface area contributed by atoms with Crippen LogP contribution in [0.25, 0.3) is 11.0 Å². The molecule has 3 heteroatoms. The zero-order chi connectivity index (χ0) is 14.2. The SMILES string of the molecule is CCOC1(C(O)c2cc3cccc(C)c3o2)CCCC1. The molecule has 1 atom stereocenters. The molecule has 108 valence electrons. The number of aryl methyl sites for hydroxylation is 1. The van der Waals surface area contributed by atoms with Gasteiger partial charge in [0.15, 0.2) is 0 Å². The highest BCUT2D eigenvalue weighted by molar-refractivity contribution is 5.81. The lowest BCUT2D eigenvalue weighted by Crippen LogP contribution is -2.36. The maximum Gasteiger partial charge on any atom is 0.140 e. The summed E-state index contributed by atoms with van der Waals surface area (Å²) >= 11 is 0. The van der Waals surface area contributed by atoms with Crippen molar-refractivity contribution in [3.63, 3.8) is 0 Å². The Balaban J connectivity index is 1.98. The molecule has 1 aromatic heterocycles. The van der Waals surface area contributed by atoms with Gasteiger partial charge in [-0.3, -0.25) is 0 Å². The molecule has 1 aliphatic carbocycles. The van der Waals surface area contributed by atoms with Crippen LogP contribution in [0, 0.1) is 6.92 Å². The predicted octanol–water partition coefficient (Wildman–Crippen LogP) is 4.12. The smallest absolute Gasteiger partial charge is 0.140 e. The highest BCUT2D eigenvalue weighted by atomic mass is 16.5. The maximum atomic E-state index is 10.8. The Morgan fingerprint density at radius 3 is 2.75 bits per heavy atom. The van der Waals surface area contributed by atoms with Crippen molar-refractivity contribution in [2.24, 2.45) is 0 Å². The highest BCUT2D eigenvalue weighted by Crippen LogP contribution is 2.44. The van der Waals surface area contributed by atoms with Crippen molar-refractivity contribution in [1.82, 2.24) is 0 Å². The van der Waals surface area contributed by atoms with E-state index < -0.39 is 11.7 Å². The Hall–Kier alpha value is -1.32. The van der Waals surface area contributed by atoms with Gasteiger partial charge in [0.2, 0.25) is 0 Å². The molecule has 3 rings (SSSR count). The minimum Gasteiger partial charge on any atom is -0.458 e. The van der Waals surface area contributed by atoms with Crippen LogP contribution in [0.4, 0.5) is 0 Å². The standard InChI is InChI=1S/C17H22O3/c1-3-19-17(9-4-5-10-17)16(18)14-11-13-8-6-7-12(2)15(13)20-14/h6-8,11,16,18H,3-5,9-10H2,1-2H3. The molecule has 20 heavy (non-hydrogen) atoms. The van der Waals surface area contributed by atoms with E-state index in [9.17, 15) is 5.11 Å². The number of aliphatic hydroxyl groups is 1. The van der Waals surface area contributed by atoms with Crippen LogP contribution in [0.15, 0.2) is 28.7 Å². The van der Waals surface area contributed by atoms with E-state index in [2.05, 4.69) is 0 Å². The maximum absolute atomic E-state index is 10.8. The number of benzene rings is 1. The van der Waals surface area contributed by atoms with Crippen molar-refractivity contribution >= 4 is 11.0 Å². The fourth-order valence-corrected chi connectivity index (χ4v) is 3.38. The van der Waals surface area contributed by atoms with Gasteiger partial charge in [-0.1, -0.05) is 31.0 Å². The topological polar surface area (TPSA) is 42.6 Å². The number of para-hydroxylation sites is 1. The van der Waals surface area contributed by atoms with Gasteiger partial charge in [-0.05, 0) is 38.3 Å². The number of ether oxygens (including phenoxy) is 1. The molecular weight excluding hydrogens is 252 g/mol. The number of hydrogen-bond donors (Lipinski definition) is 1. The van der Waals surface area contributed by atoms with Crippen molar-refractivity contribution in [2.45, 2.75) is 51.2 Å². The summed E-state index contributed by atoms with van der Waals surface area (Å²) in [5.74, 6) is 0.629. The number of rotatable bonds is 4. The fraction of sp³-hybridized carbons (Fsp3) is 0.529. The number of hydrogen-bond acceptors (Lipinski definition) is 3. The van der Waals surface area contributed by atoms with Crippen LogP contribution in [-0.4, -0.2) is 17.3 Å². The summed E-state index contributed by atoms with van der Waals surface area (Å²) in [6.07, 6.45) is 3.33. The van der Waals surface area contributed by atoms with Crippen LogP contribution in [0.1, 0.15) is 50.0 Å². The summed E-state index contributed by atoms with van der Waals surface area (Å²) in [5.41, 5.74) is 1.50. The summed E-state index contributed by atoms with van der Waals surface area (Å²) in [7, 11) is 0. The summed E-state index contributed by atoms with van der Waals surface area (Å²) in [6, 6.07) is 8.00. The molecule has 0 aliphatic heterocycles. The molecule has 1 aliphatic rings. The summed E-state index contributed by atoms with van der Waals surface area (Å²) < 4.78 is 11.8. The van der Waals surface area contributed by atoms with Crippen LogP contribution in [0.2, 0.25) is 0 Å². The fourth-order valence-electron chi connectivity index (χ4n) is 3.38. The largest absolute Gasteiger partial charge is 0.458 e. The third-order valence-electron chi connectivity index (χ3n) is 4.41. The van der Waals surface area contributed by atoms with Crippen LogP contribution in [-0.2, 0) is 4.74 Å². The van der Waals surface area contributed by atoms with Crippen molar-refractivity contribution < 1.29 is 14.3 Å². The first kappa shape index (κ1) is 13.7. The van der Waals surface area contributed by atoms with Crippen LogP contribution in [0.5, 0.6) is 0 Å². The summed E-state index contributed by atoms with van der Waals surface area (Å²) in [5, 5.41) is 11.8. The van der Waals surface area contributed by atoms with Gasteiger partial charge in [-0.2, -0.15) is 0 Å². The number of aliphatic hydroxyl groups excluding tert-OH is 1. The van der Waals surface area contributed by atoms with E-state index in [0.717, 1.165) is 42.2 Å². The van der Waals surface area contributed by atoms with E-state index >= 15 is 0 Å².